The first kappa shape index (κ1) is 15.3. The maximum atomic E-state index is 10.2. The molecule has 2 N–H and O–H groups in total. The van der Waals surface area contributed by atoms with Gasteiger partial charge in [-0.1, -0.05) is 23.2 Å². The molecule has 20 heavy (non-hydrogen) atoms. The van der Waals surface area contributed by atoms with Crippen LogP contribution in [-0.4, -0.2) is 16.6 Å². The smallest absolute Gasteiger partial charge is 0.0929 e. The van der Waals surface area contributed by atoms with Gasteiger partial charge in [-0.3, -0.25) is 4.98 Å². The molecule has 0 saturated carbocycles. The van der Waals surface area contributed by atoms with Crippen molar-refractivity contribution in [1.29, 1.82) is 0 Å². The van der Waals surface area contributed by atoms with Gasteiger partial charge in [-0.2, -0.15) is 0 Å². The number of aromatic nitrogens is 1. The molecule has 2 aromatic rings. The Morgan fingerprint density at radius 3 is 2.60 bits per heavy atom. The van der Waals surface area contributed by atoms with Crippen molar-refractivity contribution in [3.63, 3.8) is 0 Å². The molecule has 0 spiro atoms. The van der Waals surface area contributed by atoms with E-state index in [1.54, 1.807) is 30.6 Å². The second-order valence-corrected chi connectivity index (χ2v) is 5.44. The third-order valence-corrected chi connectivity index (χ3v) is 3.72. The number of hydrogen-bond acceptors (Lipinski definition) is 3. The summed E-state index contributed by atoms with van der Waals surface area (Å²) >= 11 is 12.0. The molecule has 0 radical (unpaired) electrons. The fourth-order valence-corrected chi connectivity index (χ4v) is 2.36. The van der Waals surface area contributed by atoms with Crippen LogP contribution in [0.1, 0.15) is 30.2 Å². The van der Waals surface area contributed by atoms with Crippen LogP contribution in [-0.2, 0) is 0 Å². The summed E-state index contributed by atoms with van der Waals surface area (Å²) in [5.41, 5.74) is 1.75. The van der Waals surface area contributed by atoms with Gasteiger partial charge in [0.05, 0.1) is 6.10 Å². The standard InChI is InChI=1S/C15H16Cl2N2O/c1-10(11-4-6-18-7-5-11)19-9-15(20)13-8-12(16)2-3-14(13)17/h2-8,10,15,19-20H,9H2,1H3/t10-,15?/m0/s1. The van der Waals surface area contributed by atoms with Crippen LogP contribution in [0.5, 0.6) is 0 Å². The van der Waals surface area contributed by atoms with Gasteiger partial charge in [0, 0.05) is 40.6 Å². The molecule has 0 bridgehead atoms. The maximum absolute atomic E-state index is 10.2. The van der Waals surface area contributed by atoms with Crippen LogP contribution >= 0.6 is 23.2 Å². The molecule has 1 unspecified atom stereocenters. The summed E-state index contributed by atoms with van der Waals surface area (Å²) in [7, 11) is 0. The molecule has 0 saturated heterocycles. The van der Waals surface area contributed by atoms with Gasteiger partial charge >= 0.3 is 0 Å². The van der Waals surface area contributed by atoms with Gasteiger partial charge in [0.15, 0.2) is 0 Å². The second-order valence-electron chi connectivity index (χ2n) is 4.59. The first-order valence-electron chi connectivity index (χ1n) is 6.34. The van der Waals surface area contributed by atoms with Crippen LogP contribution < -0.4 is 5.32 Å². The summed E-state index contributed by atoms with van der Waals surface area (Å²) in [6.07, 6.45) is 2.79. The largest absolute Gasteiger partial charge is 0.387 e. The number of aliphatic hydroxyl groups is 1. The number of nitrogens with one attached hydrogen (secondary N) is 1. The van der Waals surface area contributed by atoms with Crippen molar-refractivity contribution in [2.75, 3.05) is 6.54 Å². The molecule has 5 heteroatoms. The van der Waals surface area contributed by atoms with Gasteiger partial charge in [-0.05, 0) is 42.8 Å². The maximum Gasteiger partial charge on any atom is 0.0929 e. The lowest BCUT2D eigenvalue weighted by Gasteiger charge is -2.18. The molecule has 1 aromatic carbocycles. The highest BCUT2D eigenvalue weighted by Gasteiger charge is 2.14. The van der Waals surface area contributed by atoms with Crippen molar-refractivity contribution in [3.8, 4) is 0 Å². The zero-order valence-corrected chi connectivity index (χ0v) is 12.6. The Morgan fingerprint density at radius 1 is 1.20 bits per heavy atom. The Bertz CT molecular complexity index is 563. The number of halogens is 2. The van der Waals surface area contributed by atoms with E-state index >= 15 is 0 Å². The number of pyridine rings is 1. The lowest BCUT2D eigenvalue weighted by atomic mass is 10.1. The molecule has 0 amide bonds. The third-order valence-electron chi connectivity index (χ3n) is 3.14. The quantitative estimate of drug-likeness (QED) is 0.883. The summed E-state index contributed by atoms with van der Waals surface area (Å²) in [6, 6.07) is 9.08. The molecule has 106 valence electrons. The van der Waals surface area contributed by atoms with Gasteiger partial charge in [-0.25, -0.2) is 0 Å². The van der Waals surface area contributed by atoms with Gasteiger partial charge in [0.2, 0.25) is 0 Å². The average Bonchev–Trinajstić information content (AvgIpc) is 2.47. The summed E-state index contributed by atoms with van der Waals surface area (Å²) in [5.74, 6) is 0. The molecule has 3 nitrogen and oxygen atoms in total. The SMILES string of the molecule is C[C@H](NCC(O)c1cc(Cl)ccc1Cl)c1ccncc1. The van der Waals surface area contributed by atoms with E-state index < -0.39 is 6.10 Å². The Morgan fingerprint density at radius 2 is 1.90 bits per heavy atom. The van der Waals surface area contributed by atoms with Gasteiger partial charge in [0.25, 0.3) is 0 Å². The molecular formula is C15H16Cl2N2O. The predicted octanol–water partition coefficient (Wildman–Crippen LogP) is 3.77. The molecule has 0 aliphatic heterocycles. The number of aliphatic hydroxyl groups excluding tert-OH is 1. The van der Waals surface area contributed by atoms with Crippen molar-refractivity contribution in [3.05, 3.63) is 63.9 Å². The molecular weight excluding hydrogens is 295 g/mol. The number of benzene rings is 1. The topological polar surface area (TPSA) is 45.1 Å². The molecule has 1 aromatic heterocycles. The van der Waals surface area contributed by atoms with E-state index in [2.05, 4.69) is 10.3 Å². The Balaban J connectivity index is 1.98. The van der Waals surface area contributed by atoms with Crippen LogP contribution in [0.2, 0.25) is 10.0 Å². The van der Waals surface area contributed by atoms with E-state index in [1.165, 1.54) is 0 Å². The van der Waals surface area contributed by atoms with Crippen LogP contribution in [0, 0.1) is 0 Å². The van der Waals surface area contributed by atoms with Crippen molar-refractivity contribution in [2.24, 2.45) is 0 Å². The predicted molar refractivity (Wildman–Crippen MR) is 82.1 cm³/mol. The van der Waals surface area contributed by atoms with Crippen LogP contribution in [0.4, 0.5) is 0 Å². The normalized spacial score (nSPS) is 14.0. The summed E-state index contributed by atoms with van der Waals surface area (Å²) in [6.45, 7) is 2.42. The van der Waals surface area contributed by atoms with Crippen LogP contribution in [0.15, 0.2) is 42.7 Å². The molecule has 0 fully saturated rings. The zero-order chi connectivity index (χ0) is 14.5. The summed E-state index contributed by atoms with van der Waals surface area (Å²) < 4.78 is 0. The number of nitrogens with zero attached hydrogens (tertiary/aromatic N) is 1. The third kappa shape index (κ3) is 3.93. The monoisotopic (exact) mass is 310 g/mol. The van der Waals surface area contributed by atoms with Crippen molar-refractivity contribution in [1.82, 2.24) is 10.3 Å². The number of hydrogen-bond donors (Lipinski definition) is 2. The number of rotatable bonds is 5. The van der Waals surface area contributed by atoms with Crippen molar-refractivity contribution < 1.29 is 5.11 Å². The highest BCUT2D eigenvalue weighted by Crippen LogP contribution is 2.26. The first-order valence-corrected chi connectivity index (χ1v) is 7.10. The zero-order valence-electron chi connectivity index (χ0n) is 11.1. The van der Waals surface area contributed by atoms with Gasteiger partial charge < -0.3 is 10.4 Å². The second kappa shape index (κ2) is 7.04. The lowest BCUT2D eigenvalue weighted by molar-refractivity contribution is 0.171. The molecule has 2 atom stereocenters. The van der Waals surface area contributed by atoms with E-state index in [-0.39, 0.29) is 6.04 Å². The fraction of sp³-hybridized carbons (Fsp3) is 0.267. The minimum absolute atomic E-state index is 0.116. The van der Waals surface area contributed by atoms with Gasteiger partial charge in [0.1, 0.15) is 0 Å². The summed E-state index contributed by atoms with van der Waals surface area (Å²) in [5, 5.41) is 14.5. The fourth-order valence-electron chi connectivity index (χ4n) is 1.94. The van der Waals surface area contributed by atoms with E-state index in [9.17, 15) is 5.11 Å². The minimum Gasteiger partial charge on any atom is -0.387 e. The first-order chi connectivity index (χ1) is 9.58. The Hall–Kier alpha value is -1.13. The molecule has 0 aliphatic carbocycles. The van der Waals surface area contributed by atoms with Crippen molar-refractivity contribution >= 4 is 23.2 Å². The van der Waals surface area contributed by atoms with Crippen LogP contribution in [0.3, 0.4) is 0 Å². The van der Waals surface area contributed by atoms with E-state index in [0.29, 0.717) is 22.2 Å². The van der Waals surface area contributed by atoms with Gasteiger partial charge in [-0.15, -0.1) is 0 Å². The molecule has 1 heterocycles. The van der Waals surface area contributed by atoms with E-state index in [0.717, 1.165) is 5.56 Å². The highest BCUT2D eigenvalue weighted by molar-refractivity contribution is 6.33. The Kier molecular flexibility index (Phi) is 5.38. The highest BCUT2D eigenvalue weighted by atomic mass is 35.5. The average molecular weight is 311 g/mol. The molecule has 2 rings (SSSR count). The minimum atomic E-state index is -0.703. The molecule has 0 aliphatic rings. The Labute approximate surface area is 128 Å². The van der Waals surface area contributed by atoms with E-state index in [1.807, 2.05) is 19.1 Å². The lowest BCUT2D eigenvalue weighted by Crippen LogP contribution is -2.24. The summed E-state index contributed by atoms with van der Waals surface area (Å²) in [4.78, 5) is 3.98. The van der Waals surface area contributed by atoms with Crippen LogP contribution in [0.25, 0.3) is 0 Å². The van der Waals surface area contributed by atoms with E-state index in [4.69, 9.17) is 23.2 Å². The van der Waals surface area contributed by atoms with Crippen molar-refractivity contribution in [2.45, 2.75) is 19.1 Å².